The maximum atomic E-state index is 11.7. The van der Waals surface area contributed by atoms with E-state index in [-0.39, 0.29) is 6.03 Å². The van der Waals surface area contributed by atoms with Gasteiger partial charge >= 0.3 is 6.03 Å². The third kappa shape index (κ3) is 5.26. The van der Waals surface area contributed by atoms with Gasteiger partial charge in [0.25, 0.3) is 0 Å². The number of amides is 2. The van der Waals surface area contributed by atoms with Gasteiger partial charge in [0, 0.05) is 17.2 Å². The van der Waals surface area contributed by atoms with E-state index >= 15 is 0 Å². The molecule has 0 unspecified atom stereocenters. The van der Waals surface area contributed by atoms with Crippen LogP contribution < -0.4 is 15.4 Å². The minimum atomic E-state index is -0.255. The predicted octanol–water partition coefficient (Wildman–Crippen LogP) is 3.93. The summed E-state index contributed by atoms with van der Waals surface area (Å²) in [6.45, 7) is 0.438. The molecule has 0 radical (unpaired) electrons. The molecule has 22 heavy (non-hydrogen) atoms. The number of carbonyl (C=O) groups excluding carboxylic acids is 1. The van der Waals surface area contributed by atoms with E-state index in [4.69, 9.17) is 4.74 Å². The molecule has 0 heterocycles. The van der Waals surface area contributed by atoms with Crippen LogP contribution in [0.3, 0.4) is 0 Å². The Kier molecular flexibility index (Phi) is 6.03. The second kappa shape index (κ2) is 8.24. The molecule has 0 atom stereocenters. The lowest BCUT2D eigenvalue weighted by Gasteiger charge is -2.06. The van der Waals surface area contributed by atoms with Gasteiger partial charge in [-0.25, -0.2) is 4.79 Å². The maximum absolute atomic E-state index is 11.7. The van der Waals surface area contributed by atoms with Crippen LogP contribution in [0.15, 0.2) is 59.2 Å². The zero-order valence-corrected chi connectivity index (χ0v) is 13.8. The first kappa shape index (κ1) is 16.1. The molecule has 2 amide bonds. The molecule has 4 nitrogen and oxygen atoms in total. The van der Waals surface area contributed by atoms with Crippen molar-refractivity contribution in [1.29, 1.82) is 0 Å². The van der Waals surface area contributed by atoms with E-state index < -0.39 is 0 Å². The molecular weight excluding hydrogens is 344 g/mol. The average molecular weight is 361 g/mol. The Balaban J connectivity index is 1.80. The summed E-state index contributed by atoms with van der Waals surface area (Å²) in [5.41, 5.74) is 1.98. The van der Waals surface area contributed by atoms with E-state index in [1.807, 2.05) is 54.6 Å². The lowest BCUT2D eigenvalue weighted by Crippen LogP contribution is -2.31. The van der Waals surface area contributed by atoms with E-state index in [0.29, 0.717) is 6.54 Å². The zero-order valence-electron chi connectivity index (χ0n) is 12.2. The molecule has 0 aromatic heterocycles. The number of ether oxygens (including phenoxy) is 1. The molecular formula is C17H17BrN2O2. The van der Waals surface area contributed by atoms with Gasteiger partial charge in [0.05, 0.1) is 7.11 Å². The first-order chi connectivity index (χ1) is 10.7. The smallest absolute Gasteiger partial charge is 0.319 e. The molecule has 0 spiro atoms. The minimum Gasteiger partial charge on any atom is -0.497 e. The molecule has 2 N–H and O–H groups in total. The number of nitrogens with one attached hydrogen (secondary N) is 2. The number of halogens is 1. The van der Waals surface area contributed by atoms with Gasteiger partial charge in [-0.1, -0.05) is 40.2 Å². The molecule has 2 rings (SSSR count). The number of benzene rings is 2. The average Bonchev–Trinajstić information content (AvgIpc) is 2.53. The highest BCUT2D eigenvalue weighted by molar-refractivity contribution is 9.10. The number of hydrogen-bond acceptors (Lipinski definition) is 2. The molecule has 0 aliphatic carbocycles. The highest BCUT2D eigenvalue weighted by Gasteiger charge is 1.99. The van der Waals surface area contributed by atoms with Crippen molar-refractivity contribution < 1.29 is 9.53 Å². The number of methoxy groups -OCH3 is 1. The summed E-state index contributed by atoms with van der Waals surface area (Å²) in [4.78, 5) is 11.7. The van der Waals surface area contributed by atoms with Crippen molar-refractivity contribution in [3.05, 3.63) is 70.3 Å². The Bertz CT molecular complexity index is 671. The van der Waals surface area contributed by atoms with E-state index in [1.165, 1.54) is 0 Å². The Morgan fingerprint density at radius 2 is 2.05 bits per heavy atom. The summed E-state index contributed by atoms with van der Waals surface area (Å²) in [6.07, 6.45) is 3.44. The molecule has 0 bridgehead atoms. The summed E-state index contributed by atoms with van der Waals surface area (Å²) >= 11 is 3.40. The van der Waals surface area contributed by atoms with Crippen molar-refractivity contribution in [1.82, 2.24) is 10.6 Å². The third-order valence-corrected chi connectivity index (χ3v) is 3.42. The van der Waals surface area contributed by atoms with Crippen LogP contribution in [0.2, 0.25) is 0 Å². The molecule has 2 aromatic rings. The van der Waals surface area contributed by atoms with Gasteiger partial charge in [0.2, 0.25) is 0 Å². The van der Waals surface area contributed by atoms with Crippen molar-refractivity contribution in [2.24, 2.45) is 0 Å². The van der Waals surface area contributed by atoms with Crippen LogP contribution in [-0.2, 0) is 6.54 Å². The molecule has 0 saturated carbocycles. The Labute approximate surface area is 138 Å². The summed E-state index contributed by atoms with van der Waals surface area (Å²) in [7, 11) is 1.62. The van der Waals surface area contributed by atoms with Gasteiger partial charge in [0.1, 0.15) is 5.75 Å². The van der Waals surface area contributed by atoms with Crippen LogP contribution in [0.1, 0.15) is 11.1 Å². The Morgan fingerprint density at radius 3 is 2.82 bits per heavy atom. The fraction of sp³-hybridized carbons (Fsp3) is 0.118. The van der Waals surface area contributed by atoms with Crippen LogP contribution in [0.5, 0.6) is 5.75 Å². The Morgan fingerprint density at radius 1 is 1.23 bits per heavy atom. The largest absolute Gasteiger partial charge is 0.497 e. The van der Waals surface area contributed by atoms with Gasteiger partial charge in [-0.2, -0.15) is 0 Å². The maximum Gasteiger partial charge on any atom is 0.319 e. The molecule has 0 aliphatic heterocycles. The zero-order chi connectivity index (χ0) is 15.8. The Hall–Kier alpha value is -2.27. The predicted molar refractivity (Wildman–Crippen MR) is 91.5 cm³/mol. The molecule has 0 fully saturated rings. The number of rotatable bonds is 5. The van der Waals surface area contributed by atoms with Crippen molar-refractivity contribution >= 4 is 28.0 Å². The summed E-state index contributed by atoms with van der Waals surface area (Å²) in [5.74, 6) is 0.772. The molecule has 5 heteroatoms. The van der Waals surface area contributed by atoms with Crippen molar-refractivity contribution in [3.8, 4) is 5.75 Å². The number of carbonyl (C=O) groups is 1. The van der Waals surface area contributed by atoms with Crippen LogP contribution >= 0.6 is 15.9 Å². The third-order valence-electron chi connectivity index (χ3n) is 2.93. The van der Waals surface area contributed by atoms with E-state index in [1.54, 1.807) is 13.3 Å². The minimum absolute atomic E-state index is 0.255. The lowest BCUT2D eigenvalue weighted by atomic mass is 10.2. The summed E-state index contributed by atoms with van der Waals surface area (Å²) < 4.78 is 6.14. The molecule has 2 aromatic carbocycles. The molecule has 0 aliphatic rings. The fourth-order valence-corrected chi connectivity index (χ4v) is 2.26. The first-order valence-electron chi connectivity index (χ1n) is 6.77. The topological polar surface area (TPSA) is 50.4 Å². The molecule has 114 valence electrons. The monoisotopic (exact) mass is 360 g/mol. The van der Waals surface area contributed by atoms with Gasteiger partial charge in [-0.15, -0.1) is 0 Å². The fourth-order valence-electron chi connectivity index (χ4n) is 1.84. The molecule has 0 saturated heterocycles. The van der Waals surface area contributed by atoms with Crippen molar-refractivity contribution in [2.75, 3.05) is 7.11 Å². The van der Waals surface area contributed by atoms with Crippen LogP contribution in [-0.4, -0.2) is 13.1 Å². The summed E-state index contributed by atoms with van der Waals surface area (Å²) in [6, 6.07) is 15.1. The standard InChI is InChI=1S/C17H17BrN2O2/c1-22-16-7-3-5-14(11-16)12-20-17(21)19-9-8-13-4-2-6-15(18)10-13/h2-11H,12H2,1H3,(H2,19,20,21)/b9-8+. The highest BCUT2D eigenvalue weighted by atomic mass is 79.9. The quantitative estimate of drug-likeness (QED) is 0.848. The van der Waals surface area contributed by atoms with Crippen LogP contribution in [0.25, 0.3) is 6.08 Å². The number of urea groups is 1. The van der Waals surface area contributed by atoms with Gasteiger partial charge < -0.3 is 15.4 Å². The van der Waals surface area contributed by atoms with Gasteiger partial charge in [-0.3, -0.25) is 0 Å². The summed E-state index contributed by atoms with van der Waals surface area (Å²) in [5, 5.41) is 5.45. The SMILES string of the molecule is COc1cccc(CNC(=O)N/C=C/c2cccc(Br)c2)c1. The number of hydrogen-bond donors (Lipinski definition) is 2. The van der Waals surface area contributed by atoms with E-state index in [9.17, 15) is 4.79 Å². The first-order valence-corrected chi connectivity index (χ1v) is 7.56. The van der Waals surface area contributed by atoms with Crippen molar-refractivity contribution in [2.45, 2.75) is 6.54 Å². The van der Waals surface area contributed by atoms with Gasteiger partial charge in [0.15, 0.2) is 0 Å². The van der Waals surface area contributed by atoms with Gasteiger partial charge in [-0.05, 0) is 41.5 Å². The lowest BCUT2D eigenvalue weighted by molar-refractivity contribution is 0.244. The van der Waals surface area contributed by atoms with E-state index in [2.05, 4.69) is 26.6 Å². The highest BCUT2D eigenvalue weighted by Crippen LogP contribution is 2.13. The van der Waals surface area contributed by atoms with E-state index in [0.717, 1.165) is 21.3 Å². The normalized spacial score (nSPS) is 10.5. The second-order valence-corrected chi connectivity index (χ2v) is 5.48. The van der Waals surface area contributed by atoms with Crippen LogP contribution in [0.4, 0.5) is 4.79 Å². The van der Waals surface area contributed by atoms with Crippen molar-refractivity contribution in [3.63, 3.8) is 0 Å². The van der Waals surface area contributed by atoms with Crippen LogP contribution in [0, 0.1) is 0 Å². The second-order valence-electron chi connectivity index (χ2n) is 4.57.